The van der Waals surface area contributed by atoms with E-state index >= 15 is 8.78 Å². The van der Waals surface area contributed by atoms with Gasteiger partial charge in [-0.1, -0.05) is 122 Å². The number of carbonyl (C=O) groups excluding carboxylic acids is 2. The molecule has 330 valence electrons. The number of hydrogen-bond acceptors (Lipinski definition) is 6. The highest BCUT2D eigenvalue weighted by atomic mass is 19.3. The van der Waals surface area contributed by atoms with Crippen molar-refractivity contribution in [1.29, 1.82) is 0 Å². The predicted molar refractivity (Wildman–Crippen MR) is 244 cm³/mol. The minimum atomic E-state index is -3.02. The third-order valence-electron chi connectivity index (χ3n) is 13.8. The molecule has 0 bridgehead atoms. The van der Waals surface area contributed by atoms with Gasteiger partial charge in [0.15, 0.2) is 0 Å². The Morgan fingerprint density at radius 3 is 1.45 bits per heavy atom. The number of aromatic amines is 2. The first kappa shape index (κ1) is 42.0. The molecule has 10 rings (SSSR count). The summed E-state index contributed by atoms with van der Waals surface area (Å²) in [5.74, 6) is -1.97. The standard InChI is InChI=1S/C52H56F2N8O2/c53-52(54)32-45(62(35-52)51(64)47(41-16-7-2-8-17-41)60-29-11-4-12-30-60)49-56-34-43(58-49)39-25-21-37(22-26-39)36-19-23-38(24-20-36)42-33-55-48(57-42)44-18-13-31-61(44)50(63)46(40-14-5-1-6-15-40)59-27-9-3-10-28-59/h1-2,5-8,14-17,19-26,33-34,44-47H,3-4,9-13,18,27-32,35H2,(H,55,57)(H,56,58)/t44-,45-,46+,47+/m0/s1. The van der Waals surface area contributed by atoms with E-state index in [9.17, 15) is 9.59 Å². The second kappa shape index (κ2) is 18.3. The third kappa shape index (κ3) is 8.65. The molecule has 0 aliphatic carbocycles. The monoisotopic (exact) mass is 862 g/mol. The van der Waals surface area contributed by atoms with Crippen LogP contribution in [0.25, 0.3) is 33.6 Å². The van der Waals surface area contributed by atoms with E-state index in [-0.39, 0.29) is 23.9 Å². The summed E-state index contributed by atoms with van der Waals surface area (Å²) in [7, 11) is 0. The summed E-state index contributed by atoms with van der Waals surface area (Å²) in [4.78, 5) is 53.1. The topological polar surface area (TPSA) is 104 Å². The zero-order valence-electron chi connectivity index (χ0n) is 36.2. The minimum Gasteiger partial charge on any atom is -0.346 e. The Labute approximate surface area is 373 Å². The molecule has 4 saturated heterocycles. The van der Waals surface area contributed by atoms with E-state index in [1.807, 2.05) is 83.9 Å². The van der Waals surface area contributed by atoms with E-state index in [1.165, 1.54) is 11.3 Å². The van der Waals surface area contributed by atoms with Crippen molar-refractivity contribution in [1.82, 2.24) is 39.5 Å². The van der Waals surface area contributed by atoms with Gasteiger partial charge in [0.25, 0.3) is 5.92 Å². The molecule has 6 heterocycles. The number of carbonyl (C=O) groups is 2. The maximum atomic E-state index is 15.2. The van der Waals surface area contributed by atoms with Crippen LogP contribution < -0.4 is 0 Å². The summed E-state index contributed by atoms with van der Waals surface area (Å²) in [6, 6.07) is 34.3. The summed E-state index contributed by atoms with van der Waals surface area (Å²) < 4.78 is 30.4. The lowest BCUT2D eigenvalue weighted by Gasteiger charge is -2.37. The number of amides is 2. The fraction of sp³-hybridized carbons (Fsp3) is 0.385. The van der Waals surface area contributed by atoms with Gasteiger partial charge in [-0.3, -0.25) is 19.4 Å². The van der Waals surface area contributed by atoms with Crippen molar-refractivity contribution in [2.24, 2.45) is 0 Å². The molecule has 0 radical (unpaired) electrons. The molecule has 0 unspecified atom stereocenters. The molecular weight excluding hydrogens is 807 g/mol. The van der Waals surface area contributed by atoms with Crippen LogP contribution in [0.4, 0.5) is 8.78 Å². The van der Waals surface area contributed by atoms with Crippen molar-refractivity contribution in [3.63, 3.8) is 0 Å². The van der Waals surface area contributed by atoms with Crippen molar-refractivity contribution in [2.45, 2.75) is 87.9 Å². The number of alkyl halides is 2. The molecule has 6 aromatic rings. The van der Waals surface area contributed by atoms with Gasteiger partial charge in [0.05, 0.1) is 30.0 Å². The Kier molecular flexibility index (Phi) is 12.0. The lowest BCUT2D eigenvalue weighted by Crippen LogP contribution is -2.45. The van der Waals surface area contributed by atoms with Crippen LogP contribution in [0.1, 0.15) is 105 Å². The largest absolute Gasteiger partial charge is 0.346 e. The molecule has 4 aliphatic heterocycles. The summed E-state index contributed by atoms with van der Waals surface area (Å²) in [5.41, 5.74) is 7.24. The second-order valence-electron chi connectivity index (χ2n) is 18.0. The molecule has 12 heteroatoms. The number of imidazole rings is 2. The highest BCUT2D eigenvalue weighted by Gasteiger charge is 2.51. The number of nitrogens with one attached hydrogen (secondary N) is 2. The smallest absolute Gasteiger partial charge is 0.267 e. The number of likely N-dealkylation sites (tertiary alicyclic amines) is 4. The zero-order chi connectivity index (χ0) is 43.6. The highest BCUT2D eigenvalue weighted by Crippen LogP contribution is 2.43. The molecule has 10 nitrogen and oxygen atoms in total. The third-order valence-corrected chi connectivity index (χ3v) is 13.8. The summed E-state index contributed by atoms with van der Waals surface area (Å²) in [6.07, 6.45) is 11.5. The van der Waals surface area contributed by atoms with Crippen LogP contribution >= 0.6 is 0 Å². The fourth-order valence-corrected chi connectivity index (χ4v) is 10.5. The molecule has 2 aromatic heterocycles. The molecule has 0 spiro atoms. The van der Waals surface area contributed by atoms with E-state index in [2.05, 4.69) is 56.2 Å². The highest BCUT2D eigenvalue weighted by molar-refractivity contribution is 5.85. The lowest BCUT2D eigenvalue weighted by atomic mass is 10.00. The number of hydrogen-bond donors (Lipinski definition) is 2. The van der Waals surface area contributed by atoms with Crippen molar-refractivity contribution in [3.05, 3.63) is 144 Å². The lowest BCUT2D eigenvalue weighted by molar-refractivity contribution is -0.140. The Bertz CT molecular complexity index is 2510. The Morgan fingerprint density at radius 2 is 0.969 bits per heavy atom. The van der Waals surface area contributed by atoms with Crippen LogP contribution in [0.5, 0.6) is 0 Å². The molecular formula is C52H56F2N8O2. The molecule has 4 fully saturated rings. The van der Waals surface area contributed by atoms with Gasteiger partial charge >= 0.3 is 0 Å². The van der Waals surface area contributed by atoms with Crippen molar-refractivity contribution >= 4 is 11.8 Å². The van der Waals surface area contributed by atoms with E-state index in [0.717, 1.165) is 123 Å². The molecule has 4 aliphatic rings. The van der Waals surface area contributed by atoms with Gasteiger partial charge in [-0.05, 0) is 87.0 Å². The number of H-pyrrole nitrogens is 2. The molecule has 2 N–H and O–H groups in total. The van der Waals surface area contributed by atoms with Crippen LogP contribution in [0.3, 0.4) is 0 Å². The number of benzene rings is 4. The quantitative estimate of drug-likeness (QED) is 0.134. The van der Waals surface area contributed by atoms with Crippen LogP contribution in [0, 0.1) is 0 Å². The van der Waals surface area contributed by atoms with E-state index in [4.69, 9.17) is 9.97 Å². The summed E-state index contributed by atoms with van der Waals surface area (Å²) in [5, 5.41) is 0. The van der Waals surface area contributed by atoms with E-state index in [1.54, 1.807) is 6.20 Å². The SMILES string of the molecule is O=C([C@@H](c1ccccc1)N1CCCCC1)N1CCC[C@H]1c1nc(-c2ccc(-c3ccc(-c4c[nH]c([C@@H]5CC(F)(F)CN5C(=O)[C@@H](c5ccccc5)N5CCCCC5)n4)cc3)cc2)c[nH]1. The molecule has 2 amide bonds. The fourth-order valence-electron chi connectivity index (χ4n) is 10.5. The number of nitrogens with zero attached hydrogens (tertiary/aromatic N) is 6. The minimum absolute atomic E-state index is 0.0994. The molecule has 4 aromatic carbocycles. The first-order chi connectivity index (χ1) is 31.3. The van der Waals surface area contributed by atoms with Gasteiger partial charge in [0.2, 0.25) is 11.8 Å². The average molecular weight is 863 g/mol. The van der Waals surface area contributed by atoms with Gasteiger partial charge in [-0.25, -0.2) is 18.7 Å². The second-order valence-corrected chi connectivity index (χ2v) is 18.0. The van der Waals surface area contributed by atoms with Crippen LogP contribution in [-0.2, 0) is 9.59 Å². The first-order valence-electron chi connectivity index (χ1n) is 23.2. The van der Waals surface area contributed by atoms with Crippen molar-refractivity contribution < 1.29 is 18.4 Å². The van der Waals surface area contributed by atoms with Gasteiger partial charge in [-0.15, -0.1) is 0 Å². The number of halogens is 2. The van der Waals surface area contributed by atoms with Crippen LogP contribution in [0.15, 0.2) is 122 Å². The average Bonchev–Trinajstić information content (AvgIpc) is 4.18. The first-order valence-corrected chi connectivity index (χ1v) is 23.2. The van der Waals surface area contributed by atoms with Gasteiger partial charge < -0.3 is 19.8 Å². The Balaban J connectivity index is 0.818. The van der Waals surface area contributed by atoms with Gasteiger partial charge in [0.1, 0.15) is 23.7 Å². The predicted octanol–water partition coefficient (Wildman–Crippen LogP) is 10.2. The Morgan fingerprint density at radius 1 is 0.531 bits per heavy atom. The van der Waals surface area contributed by atoms with E-state index in [0.29, 0.717) is 11.5 Å². The summed E-state index contributed by atoms with van der Waals surface area (Å²) >= 11 is 0. The number of piperidine rings is 2. The van der Waals surface area contributed by atoms with Crippen molar-refractivity contribution in [2.75, 3.05) is 39.3 Å². The van der Waals surface area contributed by atoms with Crippen LogP contribution in [0.2, 0.25) is 0 Å². The molecule has 0 saturated carbocycles. The number of rotatable bonds is 11. The van der Waals surface area contributed by atoms with E-state index < -0.39 is 31.0 Å². The zero-order valence-corrected chi connectivity index (χ0v) is 36.2. The molecule has 4 atom stereocenters. The van der Waals surface area contributed by atoms with Crippen molar-refractivity contribution in [3.8, 4) is 33.6 Å². The maximum absolute atomic E-state index is 15.2. The summed E-state index contributed by atoms with van der Waals surface area (Å²) in [6.45, 7) is 3.48. The normalized spacial score (nSPS) is 21.5. The molecule has 64 heavy (non-hydrogen) atoms. The maximum Gasteiger partial charge on any atom is 0.267 e. The van der Waals surface area contributed by atoms with Crippen LogP contribution in [-0.4, -0.2) is 96.5 Å². The van der Waals surface area contributed by atoms with Gasteiger partial charge in [0, 0.05) is 36.5 Å². The van der Waals surface area contributed by atoms with Gasteiger partial charge in [-0.2, -0.15) is 0 Å². The number of aromatic nitrogens is 4. The Hall–Kier alpha value is -5.98.